The van der Waals surface area contributed by atoms with E-state index in [-0.39, 0.29) is 0 Å². The van der Waals surface area contributed by atoms with E-state index < -0.39 is 0 Å². The van der Waals surface area contributed by atoms with Crippen LogP contribution in [0.3, 0.4) is 0 Å². The smallest absolute Gasteiger partial charge is 0.198 e. The second-order valence-electron chi connectivity index (χ2n) is 3.97. The van der Waals surface area contributed by atoms with Crippen molar-refractivity contribution in [1.29, 1.82) is 0 Å². The van der Waals surface area contributed by atoms with Crippen LogP contribution in [0, 0.1) is 0 Å². The SMILES string of the molecule is CCCC(C)c1nc2ccc(N)cc2o1. The van der Waals surface area contributed by atoms with Crippen molar-refractivity contribution in [1.82, 2.24) is 4.98 Å². The molecule has 0 spiro atoms. The summed E-state index contributed by atoms with van der Waals surface area (Å²) in [6.45, 7) is 4.30. The number of benzene rings is 1. The van der Waals surface area contributed by atoms with Crippen molar-refractivity contribution >= 4 is 16.8 Å². The minimum atomic E-state index is 0.378. The number of aromatic nitrogens is 1. The molecule has 0 bridgehead atoms. The monoisotopic (exact) mass is 204 g/mol. The van der Waals surface area contributed by atoms with Crippen LogP contribution >= 0.6 is 0 Å². The molecule has 0 radical (unpaired) electrons. The number of nitrogens with zero attached hydrogens (tertiary/aromatic N) is 1. The largest absolute Gasteiger partial charge is 0.440 e. The highest BCUT2D eigenvalue weighted by Crippen LogP contribution is 2.25. The highest BCUT2D eigenvalue weighted by molar-refractivity contribution is 5.76. The summed E-state index contributed by atoms with van der Waals surface area (Å²) in [5, 5.41) is 0. The molecule has 0 aliphatic heterocycles. The maximum absolute atomic E-state index is 5.68. The topological polar surface area (TPSA) is 52.0 Å². The van der Waals surface area contributed by atoms with Crippen molar-refractivity contribution in [3.8, 4) is 0 Å². The van der Waals surface area contributed by atoms with E-state index in [2.05, 4.69) is 18.8 Å². The van der Waals surface area contributed by atoms with Crippen LogP contribution in [-0.2, 0) is 0 Å². The van der Waals surface area contributed by atoms with Crippen LogP contribution in [0.2, 0.25) is 0 Å². The Balaban J connectivity index is 2.38. The Labute approximate surface area is 89.3 Å². The molecule has 3 heteroatoms. The Morgan fingerprint density at radius 1 is 1.47 bits per heavy atom. The van der Waals surface area contributed by atoms with Gasteiger partial charge >= 0.3 is 0 Å². The summed E-state index contributed by atoms with van der Waals surface area (Å²) in [5.74, 6) is 1.20. The van der Waals surface area contributed by atoms with Crippen molar-refractivity contribution < 1.29 is 4.42 Å². The predicted molar refractivity (Wildman–Crippen MR) is 61.7 cm³/mol. The average Bonchev–Trinajstić information content (AvgIpc) is 2.60. The number of oxazole rings is 1. The summed E-state index contributed by atoms with van der Waals surface area (Å²) >= 11 is 0. The zero-order valence-electron chi connectivity index (χ0n) is 9.16. The summed E-state index contributed by atoms with van der Waals surface area (Å²) in [7, 11) is 0. The Hall–Kier alpha value is -1.51. The van der Waals surface area contributed by atoms with Gasteiger partial charge in [0.15, 0.2) is 11.5 Å². The van der Waals surface area contributed by atoms with Gasteiger partial charge in [0.1, 0.15) is 5.52 Å². The van der Waals surface area contributed by atoms with Crippen molar-refractivity contribution in [2.45, 2.75) is 32.6 Å². The highest BCUT2D eigenvalue weighted by Gasteiger charge is 2.12. The van der Waals surface area contributed by atoms with Gasteiger partial charge < -0.3 is 10.2 Å². The van der Waals surface area contributed by atoms with E-state index in [4.69, 9.17) is 10.2 Å². The van der Waals surface area contributed by atoms with Crippen LogP contribution in [0.1, 0.15) is 38.5 Å². The van der Waals surface area contributed by atoms with E-state index in [9.17, 15) is 0 Å². The van der Waals surface area contributed by atoms with E-state index in [0.29, 0.717) is 11.6 Å². The average molecular weight is 204 g/mol. The Kier molecular flexibility index (Phi) is 2.62. The third-order valence-electron chi connectivity index (χ3n) is 2.57. The molecule has 15 heavy (non-hydrogen) atoms. The molecular formula is C12H16N2O. The number of rotatable bonds is 3. The minimum absolute atomic E-state index is 0.378. The number of nitrogens with two attached hydrogens (primary N) is 1. The van der Waals surface area contributed by atoms with Crippen molar-refractivity contribution in [2.75, 3.05) is 5.73 Å². The van der Waals surface area contributed by atoms with Gasteiger partial charge in [-0.1, -0.05) is 20.3 Å². The van der Waals surface area contributed by atoms with Gasteiger partial charge in [0.05, 0.1) is 0 Å². The molecule has 2 N–H and O–H groups in total. The first kappa shape index (κ1) is 10.0. The molecule has 1 aromatic carbocycles. The molecular weight excluding hydrogens is 188 g/mol. The van der Waals surface area contributed by atoms with Gasteiger partial charge in [-0.05, 0) is 18.6 Å². The first-order valence-electron chi connectivity index (χ1n) is 5.36. The third kappa shape index (κ3) is 1.96. The standard InChI is InChI=1S/C12H16N2O/c1-3-4-8(2)12-14-10-6-5-9(13)7-11(10)15-12/h5-8H,3-4,13H2,1-2H3. The maximum atomic E-state index is 5.68. The molecule has 2 rings (SSSR count). The second-order valence-corrected chi connectivity index (χ2v) is 3.97. The van der Waals surface area contributed by atoms with Crippen molar-refractivity contribution in [3.63, 3.8) is 0 Å². The molecule has 3 nitrogen and oxygen atoms in total. The Bertz CT molecular complexity index is 462. The first-order valence-corrected chi connectivity index (χ1v) is 5.36. The number of hydrogen-bond acceptors (Lipinski definition) is 3. The van der Waals surface area contributed by atoms with E-state index in [0.717, 1.165) is 29.8 Å². The summed E-state index contributed by atoms with van der Waals surface area (Å²) in [6, 6.07) is 5.57. The first-order chi connectivity index (χ1) is 7.20. The molecule has 1 unspecified atom stereocenters. The minimum Gasteiger partial charge on any atom is -0.440 e. The molecule has 0 saturated carbocycles. The Morgan fingerprint density at radius 3 is 3.00 bits per heavy atom. The van der Waals surface area contributed by atoms with Gasteiger partial charge in [-0.15, -0.1) is 0 Å². The zero-order valence-corrected chi connectivity index (χ0v) is 9.16. The molecule has 0 aliphatic carbocycles. The number of nitrogen functional groups attached to an aromatic ring is 1. The molecule has 2 aromatic rings. The van der Waals surface area contributed by atoms with Crippen molar-refractivity contribution in [2.24, 2.45) is 0 Å². The zero-order chi connectivity index (χ0) is 10.8. The molecule has 1 aromatic heterocycles. The number of anilines is 1. The number of fused-ring (bicyclic) bond motifs is 1. The van der Waals surface area contributed by atoms with Gasteiger partial charge in [-0.3, -0.25) is 0 Å². The van der Waals surface area contributed by atoms with Crippen LogP contribution in [0.15, 0.2) is 22.6 Å². The quantitative estimate of drug-likeness (QED) is 0.780. The van der Waals surface area contributed by atoms with Crippen LogP contribution in [-0.4, -0.2) is 4.98 Å². The van der Waals surface area contributed by atoms with Gasteiger partial charge in [-0.2, -0.15) is 0 Å². The lowest BCUT2D eigenvalue weighted by Crippen LogP contribution is -1.91. The van der Waals surface area contributed by atoms with Crippen LogP contribution in [0.5, 0.6) is 0 Å². The molecule has 0 saturated heterocycles. The molecule has 0 aliphatic rings. The Morgan fingerprint density at radius 2 is 2.27 bits per heavy atom. The van der Waals surface area contributed by atoms with Gasteiger partial charge in [-0.25, -0.2) is 4.98 Å². The lowest BCUT2D eigenvalue weighted by molar-refractivity contribution is 0.468. The summed E-state index contributed by atoms with van der Waals surface area (Å²) in [5.41, 5.74) is 8.07. The van der Waals surface area contributed by atoms with E-state index in [1.54, 1.807) is 0 Å². The fraction of sp³-hybridized carbons (Fsp3) is 0.417. The van der Waals surface area contributed by atoms with E-state index in [1.165, 1.54) is 0 Å². The summed E-state index contributed by atoms with van der Waals surface area (Å²) in [6.07, 6.45) is 2.24. The van der Waals surface area contributed by atoms with Gasteiger partial charge in [0, 0.05) is 17.7 Å². The fourth-order valence-electron chi connectivity index (χ4n) is 1.73. The summed E-state index contributed by atoms with van der Waals surface area (Å²) in [4.78, 5) is 4.45. The lowest BCUT2D eigenvalue weighted by Gasteiger charge is -2.02. The highest BCUT2D eigenvalue weighted by atomic mass is 16.3. The van der Waals surface area contributed by atoms with Gasteiger partial charge in [0.2, 0.25) is 0 Å². The molecule has 80 valence electrons. The van der Waals surface area contributed by atoms with Crippen LogP contribution in [0.4, 0.5) is 5.69 Å². The van der Waals surface area contributed by atoms with E-state index in [1.807, 2.05) is 18.2 Å². The van der Waals surface area contributed by atoms with Gasteiger partial charge in [0.25, 0.3) is 0 Å². The van der Waals surface area contributed by atoms with Crippen LogP contribution < -0.4 is 5.73 Å². The van der Waals surface area contributed by atoms with E-state index >= 15 is 0 Å². The maximum Gasteiger partial charge on any atom is 0.198 e. The number of hydrogen-bond donors (Lipinski definition) is 1. The molecule has 1 heterocycles. The predicted octanol–water partition coefficient (Wildman–Crippen LogP) is 3.31. The fourth-order valence-corrected chi connectivity index (χ4v) is 1.73. The lowest BCUT2D eigenvalue weighted by atomic mass is 10.1. The van der Waals surface area contributed by atoms with Crippen molar-refractivity contribution in [3.05, 3.63) is 24.1 Å². The summed E-state index contributed by atoms with van der Waals surface area (Å²) < 4.78 is 5.67. The second kappa shape index (κ2) is 3.93. The molecule has 0 amide bonds. The molecule has 0 fully saturated rings. The normalized spacial score (nSPS) is 13.2. The third-order valence-corrected chi connectivity index (χ3v) is 2.57. The van der Waals surface area contributed by atoms with Crippen LogP contribution in [0.25, 0.3) is 11.1 Å². The molecule has 1 atom stereocenters.